The lowest BCUT2D eigenvalue weighted by Gasteiger charge is -2.00. The summed E-state index contributed by atoms with van der Waals surface area (Å²) in [7, 11) is -2.12. The number of nitrogens with zero attached hydrogens (tertiary/aromatic N) is 1. The lowest BCUT2D eigenvalue weighted by Crippen LogP contribution is -2.26. The fourth-order valence-corrected chi connectivity index (χ4v) is 1.14. The molecule has 0 aliphatic heterocycles. The average Bonchev–Trinajstić information content (AvgIpc) is 2.35. The minimum absolute atomic E-state index is 0.279. The molecule has 0 unspecified atom stereocenters. The van der Waals surface area contributed by atoms with Crippen molar-refractivity contribution >= 4 is 16.0 Å². The van der Waals surface area contributed by atoms with Crippen LogP contribution < -0.4 is 9.44 Å². The van der Waals surface area contributed by atoms with E-state index in [4.69, 9.17) is 0 Å². The number of nitrogens with one attached hydrogen (secondary N) is 3. The lowest BCUT2D eigenvalue weighted by atomic mass is 10.5. The molecule has 0 atom stereocenters. The molecule has 0 saturated carbocycles. The summed E-state index contributed by atoms with van der Waals surface area (Å²) >= 11 is 0. The van der Waals surface area contributed by atoms with Crippen LogP contribution in [-0.4, -0.2) is 25.7 Å². The number of hydrogen-bond donors (Lipinski definition) is 3. The monoisotopic (exact) mass is 190 g/mol. The van der Waals surface area contributed by atoms with Crippen molar-refractivity contribution in [3.8, 4) is 0 Å². The first-order valence-electron chi connectivity index (χ1n) is 3.27. The molecular formula is C5H10N4O2S. The molecule has 0 fully saturated rings. The highest BCUT2D eigenvalue weighted by Crippen LogP contribution is 2.04. The third-order valence-electron chi connectivity index (χ3n) is 1.21. The molecule has 68 valence electrons. The Morgan fingerprint density at radius 3 is 2.67 bits per heavy atom. The fourth-order valence-electron chi connectivity index (χ4n) is 0.659. The molecule has 1 aromatic heterocycles. The number of anilines is 1. The van der Waals surface area contributed by atoms with Crippen LogP contribution in [0.5, 0.6) is 0 Å². The highest BCUT2D eigenvalue weighted by molar-refractivity contribution is 7.90. The van der Waals surface area contributed by atoms with Gasteiger partial charge in [0.2, 0.25) is 0 Å². The molecule has 0 saturated heterocycles. The molecule has 7 heteroatoms. The van der Waals surface area contributed by atoms with Crippen molar-refractivity contribution in [2.24, 2.45) is 0 Å². The highest BCUT2D eigenvalue weighted by atomic mass is 32.2. The van der Waals surface area contributed by atoms with Gasteiger partial charge in [-0.05, 0) is 6.92 Å². The Labute approximate surface area is 70.6 Å². The van der Waals surface area contributed by atoms with Crippen LogP contribution >= 0.6 is 0 Å². The van der Waals surface area contributed by atoms with Gasteiger partial charge in [0.1, 0.15) is 0 Å². The van der Waals surface area contributed by atoms with Crippen molar-refractivity contribution < 1.29 is 8.42 Å². The lowest BCUT2D eigenvalue weighted by molar-refractivity contribution is 0.593. The molecule has 12 heavy (non-hydrogen) atoms. The van der Waals surface area contributed by atoms with Crippen LogP contribution in [0.25, 0.3) is 0 Å². The standard InChI is InChI=1S/C5H10N4O2S/c1-4-3-5(8-7-4)9-12(10,11)6-2/h3,6H,1-2H3,(H2,7,8,9). The fraction of sp³-hybridized carbons (Fsp3) is 0.400. The Hall–Kier alpha value is -1.08. The highest BCUT2D eigenvalue weighted by Gasteiger charge is 2.07. The minimum atomic E-state index is -3.44. The number of rotatable bonds is 3. The zero-order chi connectivity index (χ0) is 9.19. The van der Waals surface area contributed by atoms with Gasteiger partial charge in [-0.2, -0.15) is 13.5 Å². The second-order valence-electron chi connectivity index (χ2n) is 2.25. The number of aromatic nitrogens is 2. The van der Waals surface area contributed by atoms with Crippen LogP contribution in [0.2, 0.25) is 0 Å². The van der Waals surface area contributed by atoms with E-state index in [0.29, 0.717) is 0 Å². The van der Waals surface area contributed by atoms with Crippen molar-refractivity contribution in [1.29, 1.82) is 0 Å². The second-order valence-corrected chi connectivity index (χ2v) is 3.87. The van der Waals surface area contributed by atoms with E-state index in [1.54, 1.807) is 13.0 Å². The second kappa shape index (κ2) is 3.11. The van der Waals surface area contributed by atoms with Crippen molar-refractivity contribution in [3.05, 3.63) is 11.8 Å². The predicted molar refractivity (Wildman–Crippen MR) is 44.9 cm³/mol. The Morgan fingerprint density at radius 2 is 2.25 bits per heavy atom. The van der Waals surface area contributed by atoms with Crippen LogP contribution in [0.1, 0.15) is 5.69 Å². The molecule has 0 aromatic carbocycles. The van der Waals surface area contributed by atoms with E-state index in [2.05, 4.69) is 19.6 Å². The molecule has 1 rings (SSSR count). The van der Waals surface area contributed by atoms with Gasteiger partial charge in [-0.25, -0.2) is 4.72 Å². The third-order valence-corrected chi connectivity index (χ3v) is 2.23. The maximum Gasteiger partial charge on any atom is 0.300 e. The van der Waals surface area contributed by atoms with E-state index in [1.165, 1.54) is 7.05 Å². The molecule has 0 aliphatic rings. The summed E-state index contributed by atoms with van der Waals surface area (Å²) in [5.74, 6) is 0.279. The van der Waals surface area contributed by atoms with Crippen molar-refractivity contribution in [3.63, 3.8) is 0 Å². The average molecular weight is 190 g/mol. The van der Waals surface area contributed by atoms with Crippen molar-refractivity contribution in [2.45, 2.75) is 6.92 Å². The zero-order valence-electron chi connectivity index (χ0n) is 6.75. The first kappa shape index (κ1) is 9.01. The van der Waals surface area contributed by atoms with Crippen LogP contribution in [0.4, 0.5) is 5.82 Å². The maximum absolute atomic E-state index is 10.9. The smallest absolute Gasteiger partial charge is 0.281 e. The van der Waals surface area contributed by atoms with E-state index in [0.717, 1.165) is 5.69 Å². The number of H-pyrrole nitrogens is 1. The molecule has 0 aliphatic carbocycles. The number of aromatic amines is 1. The SMILES string of the molecule is CNS(=O)(=O)Nc1cc(C)[nH]n1. The van der Waals surface area contributed by atoms with Crippen molar-refractivity contribution in [2.75, 3.05) is 11.8 Å². The molecule has 0 amide bonds. The van der Waals surface area contributed by atoms with Gasteiger partial charge in [-0.3, -0.25) is 9.82 Å². The van der Waals surface area contributed by atoms with Crippen molar-refractivity contribution in [1.82, 2.24) is 14.9 Å². The summed E-state index contributed by atoms with van der Waals surface area (Å²) in [4.78, 5) is 0. The van der Waals surface area contributed by atoms with E-state index >= 15 is 0 Å². The molecule has 3 N–H and O–H groups in total. The van der Waals surface area contributed by atoms with Gasteiger partial charge in [-0.15, -0.1) is 0 Å². The van der Waals surface area contributed by atoms with Gasteiger partial charge >= 0.3 is 0 Å². The van der Waals surface area contributed by atoms with E-state index in [9.17, 15) is 8.42 Å². The molecule has 0 radical (unpaired) electrons. The summed E-state index contributed by atoms with van der Waals surface area (Å²) in [6.07, 6.45) is 0. The van der Waals surface area contributed by atoms with Crippen LogP contribution in [0.3, 0.4) is 0 Å². The van der Waals surface area contributed by atoms with Gasteiger partial charge in [0, 0.05) is 18.8 Å². The van der Waals surface area contributed by atoms with E-state index in [1.807, 2.05) is 0 Å². The van der Waals surface area contributed by atoms with E-state index < -0.39 is 10.2 Å². The Kier molecular flexibility index (Phi) is 2.34. The summed E-state index contributed by atoms with van der Waals surface area (Å²) in [6.45, 7) is 1.78. The van der Waals surface area contributed by atoms with Gasteiger partial charge in [-0.1, -0.05) is 0 Å². The summed E-state index contributed by atoms with van der Waals surface area (Å²) < 4.78 is 26.1. The first-order valence-corrected chi connectivity index (χ1v) is 4.75. The number of aryl methyl sites for hydroxylation is 1. The van der Waals surface area contributed by atoms with Gasteiger partial charge < -0.3 is 0 Å². The summed E-state index contributed by atoms with van der Waals surface area (Å²) in [5.41, 5.74) is 0.795. The number of hydrogen-bond acceptors (Lipinski definition) is 3. The molecule has 0 bridgehead atoms. The largest absolute Gasteiger partial charge is 0.300 e. The molecule has 1 heterocycles. The Balaban J connectivity index is 2.77. The molecular weight excluding hydrogens is 180 g/mol. The quantitative estimate of drug-likeness (QED) is 0.605. The van der Waals surface area contributed by atoms with Gasteiger partial charge in [0.15, 0.2) is 5.82 Å². The Morgan fingerprint density at radius 1 is 1.58 bits per heavy atom. The van der Waals surface area contributed by atoms with E-state index in [-0.39, 0.29) is 5.82 Å². The summed E-state index contributed by atoms with van der Waals surface area (Å²) in [6, 6.07) is 1.59. The third kappa shape index (κ3) is 2.21. The van der Waals surface area contributed by atoms with Gasteiger partial charge in [0.25, 0.3) is 10.2 Å². The normalized spacial score (nSPS) is 11.5. The maximum atomic E-state index is 10.9. The molecule has 1 aromatic rings. The van der Waals surface area contributed by atoms with Crippen LogP contribution in [0, 0.1) is 6.92 Å². The zero-order valence-corrected chi connectivity index (χ0v) is 7.57. The summed E-state index contributed by atoms with van der Waals surface area (Å²) in [5, 5.41) is 6.30. The van der Waals surface area contributed by atoms with Gasteiger partial charge in [0.05, 0.1) is 0 Å². The molecule has 0 spiro atoms. The van der Waals surface area contributed by atoms with Crippen LogP contribution in [-0.2, 0) is 10.2 Å². The predicted octanol–water partition coefficient (Wildman–Crippen LogP) is -0.406. The first-order chi connectivity index (χ1) is 5.53. The Bertz CT molecular complexity index is 355. The van der Waals surface area contributed by atoms with Crippen LogP contribution in [0.15, 0.2) is 6.07 Å². The topological polar surface area (TPSA) is 86.9 Å². The minimum Gasteiger partial charge on any atom is -0.281 e. The molecule has 6 nitrogen and oxygen atoms in total.